The van der Waals surface area contributed by atoms with Crippen molar-refractivity contribution in [1.29, 1.82) is 0 Å². The molecule has 2 aromatic carbocycles. The summed E-state index contributed by atoms with van der Waals surface area (Å²) in [6.45, 7) is 4.06. The minimum absolute atomic E-state index is 0.273. The molecule has 102 valence electrons. The number of nitrogens with two attached hydrogens (primary N) is 1. The molecular weight excluding hydrogens is 253 g/mol. The maximum absolute atomic E-state index is 13.2. The van der Waals surface area contributed by atoms with Crippen LogP contribution in [0.5, 0.6) is 0 Å². The van der Waals surface area contributed by atoms with Crippen molar-refractivity contribution in [2.75, 3.05) is 0 Å². The summed E-state index contributed by atoms with van der Waals surface area (Å²) in [5.41, 5.74) is 10.3. The monoisotopic (exact) mass is 269 g/mol. The first-order chi connectivity index (χ1) is 9.56. The minimum atomic E-state index is -0.341. The molecule has 2 nitrogen and oxygen atoms in total. The summed E-state index contributed by atoms with van der Waals surface area (Å²) >= 11 is 0. The highest BCUT2D eigenvalue weighted by Gasteiger charge is 2.18. The van der Waals surface area contributed by atoms with E-state index in [1.807, 2.05) is 38.1 Å². The van der Waals surface area contributed by atoms with Gasteiger partial charge in [-0.3, -0.25) is 0 Å². The van der Waals surface area contributed by atoms with Crippen LogP contribution in [-0.2, 0) is 0 Å². The molecule has 0 aliphatic heterocycles. The summed E-state index contributed by atoms with van der Waals surface area (Å²) in [5, 5.41) is 0.738. The van der Waals surface area contributed by atoms with Crippen molar-refractivity contribution in [3.05, 3.63) is 70.7 Å². The van der Waals surface area contributed by atoms with Crippen LogP contribution in [0.4, 0.5) is 4.39 Å². The second-order valence-corrected chi connectivity index (χ2v) is 5.11. The Balaban J connectivity index is 2.10. The van der Waals surface area contributed by atoms with Crippen LogP contribution in [0.2, 0.25) is 0 Å². The minimum Gasteiger partial charge on any atom is -0.459 e. The number of furan rings is 1. The number of hydrogen-bond acceptors (Lipinski definition) is 2. The van der Waals surface area contributed by atoms with Crippen LogP contribution in [0.25, 0.3) is 11.0 Å². The van der Waals surface area contributed by atoms with E-state index in [-0.39, 0.29) is 11.9 Å². The van der Waals surface area contributed by atoms with Crippen molar-refractivity contribution in [1.82, 2.24) is 0 Å². The SMILES string of the molecule is Cc1cccc(C)c1C(N)c1cc2cc(F)ccc2o1. The van der Waals surface area contributed by atoms with Gasteiger partial charge in [0.25, 0.3) is 0 Å². The summed E-state index contributed by atoms with van der Waals surface area (Å²) in [4.78, 5) is 0. The van der Waals surface area contributed by atoms with Gasteiger partial charge >= 0.3 is 0 Å². The Morgan fingerprint density at radius 1 is 1.05 bits per heavy atom. The third kappa shape index (κ3) is 2.10. The Hall–Kier alpha value is -2.13. The number of hydrogen-bond donors (Lipinski definition) is 1. The van der Waals surface area contributed by atoms with Crippen molar-refractivity contribution in [3.8, 4) is 0 Å². The van der Waals surface area contributed by atoms with Gasteiger partial charge in [0.15, 0.2) is 0 Å². The Labute approximate surface area is 117 Å². The van der Waals surface area contributed by atoms with Gasteiger partial charge in [0.05, 0.1) is 6.04 Å². The first-order valence-electron chi connectivity index (χ1n) is 6.57. The molecule has 1 unspecified atom stereocenters. The maximum atomic E-state index is 13.2. The van der Waals surface area contributed by atoms with E-state index < -0.39 is 0 Å². The average Bonchev–Trinajstić information content (AvgIpc) is 2.81. The van der Waals surface area contributed by atoms with Gasteiger partial charge in [-0.2, -0.15) is 0 Å². The van der Waals surface area contributed by atoms with Crippen molar-refractivity contribution >= 4 is 11.0 Å². The number of fused-ring (bicyclic) bond motifs is 1. The highest BCUT2D eigenvalue weighted by atomic mass is 19.1. The van der Waals surface area contributed by atoms with Gasteiger partial charge < -0.3 is 10.2 Å². The molecule has 0 radical (unpaired) electrons. The number of halogens is 1. The lowest BCUT2D eigenvalue weighted by Gasteiger charge is -2.15. The molecule has 0 fully saturated rings. The topological polar surface area (TPSA) is 39.2 Å². The van der Waals surface area contributed by atoms with Crippen molar-refractivity contribution in [2.24, 2.45) is 5.73 Å². The molecule has 1 atom stereocenters. The average molecular weight is 269 g/mol. The molecule has 0 spiro atoms. The smallest absolute Gasteiger partial charge is 0.134 e. The van der Waals surface area contributed by atoms with E-state index in [9.17, 15) is 4.39 Å². The van der Waals surface area contributed by atoms with Gasteiger partial charge in [0, 0.05) is 5.39 Å². The molecule has 3 rings (SSSR count). The van der Waals surface area contributed by atoms with Crippen LogP contribution >= 0.6 is 0 Å². The zero-order valence-corrected chi connectivity index (χ0v) is 11.5. The number of aryl methyl sites for hydroxylation is 2. The van der Waals surface area contributed by atoms with E-state index in [0.717, 1.165) is 22.1 Å². The van der Waals surface area contributed by atoms with Crippen LogP contribution in [0, 0.1) is 19.7 Å². The van der Waals surface area contributed by atoms with E-state index in [0.29, 0.717) is 11.3 Å². The van der Waals surface area contributed by atoms with Crippen LogP contribution in [0.1, 0.15) is 28.5 Å². The normalized spacial score (nSPS) is 12.8. The summed E-state index contributed by atoms with van der Waals surface area (Å²) in [6, 6.07) is 12.0. The van der Waals surface area contributed by atoms with Gasteiger partial charge in [0.2, 0.25) is 0 Å². The number of benzene rings is 2. The lowest BCUT2D eigenvalue weighted by molar-refractivity contribution is 0.523. The second kappa shape index (κ2) is 4.76. The molecule has 0 amide bonds. The van der Waals surface area contributed by atoms with E-state index in [1.165, 1.54) is 12.1 Å². The molecule has 0 aliphatic rings. The van der Waals surface area contributed by atoms with Crippen LogP contribution < -0.4 is 5.73 Å². The Morgan fingerprint density at radius 2 is 1.75 bits per heavy atom. The third-order valence-corrected chi connectivity index (χ3v) is 3.66. The van der Waals surface area contributed by atoms with E-state index in [1.54, 1.807) is 6.07 Å². The summed E-state index contributed by atoms with van der Waals surface area (Å²) in [7, 11) is 0. The van der Waals surface area contributed by atoms with Crippen LogP contribution in [0.3, 0.4) is 0 Å². The fourth-order valence-electron chi connectivity index (χ4n) is 2.65. The molecule has 20 heavy (non-hydrogen) atoms. The zero-order valence-electron chi connectivity index (χ0n) is 11.5. The Morgan fingerprint density at radius 3 is 2.45 bits per heavy atom. The molecule has 0 aliphatic carbocycles. The van der Waals surface area contributed by atoms with Gasteiger partial charge in [-0.05, 0) is 54.8 Å². The third-order valence-electron chi connectivity index (χ3n) is 3.66. The first-order valence-corrected chi connectivity index (χ1v) is 6.57. The lowest BCUT2D eigenvalue weighted by atomic mass is 9.95. The first kappa shape index (κ1) is 12.9. The van der Waals surface area contributed by atoms with Gasteiger partial charge in [-0.25, -0.2) is 4.39 Å². The lowest BCUT2D eigenvalue weighted by Crippen LogP contribution is -2.13. The predicted octanol–water partition coefficient (Wildman–Crippen LogP) is 4.24. The molecule has 0 bridgehead atoms. The maximum Gasteiger partial charge on any atom is 0.134 e. The largest absolute Gasteiger partial charge is 0.459 e. The molecule has 3 aromatic rings. The van der Waals surface area contributed by atoms with Crippen LogP contribution in [-0.4, -0.2) is 0 Å². The second-order valence-electron chi connectivity index (χ2n) is 5.11. The summed E-state index contributed by atoms with van der Waals surface area (Å²) in [6.07, 6.45) is 0. The number of rotatable bonds is 2. The van der Waals surface area contributed by atoms with E-state index in [2.05, 4.69) is 0 Å². The zero-order chi connectivity index (χ0) is 14.3. The standard InChI is InChI=1S/C17H16FNO/c1-10-4-3-5-11(2)16(10)17(19)15-9-12-8-13(18)6-7-14(12)20-15/h3-9,17H,19H2,1-2H3. The molecule has 0 saturated carbocycles. The highest BCUT2D eigenvalue weighted by molar-refractivity contribution is 5.78. The molecule has 0 saturated heterocycles. The fraction of sp³-hybridized carbons (Fsp3) is 0.176. The molecule has 1 heterocycles. The highest BCUT2D eigenvalue weighted by Crippen LogP contribution is 2.30. The Kier molecular flexibility index (Phi) is 3.07. The quantitative estimate of drug-likeness (QED) is 0.756. The fourth-order valence-corrected chi connectivity index (χ4v) is 2.65. The van der Waals surface area contributed by atoms with Gasteiger partial charge in [-0.1, -0.05) is 18.2 Å². The predicted molar refractivity (Wildman–Crippen MR) is 78.1 cm³/mol. The van der Waals surface area contributed by atoms with Crippen molar-refractivity contribution in [3.63, 3.8) is 0 Å². The van der Waals surface area contributed by atoms with Crippen molar-refractivity contribution in [2.45, 2.75) is 19.9 Å². The Bertz CT molecular complexity index is 756. The molecule has 3 heteroatoms. The molecule has 2 N–H and O–H groups in total. The molecule has 1 aromatic heterocycles. The van der Waals surface area contributed by atoms with E-state index in [4.69, 9.17) is 10.2 Å². The summed E-state index contributed by atoms with van der Waals surface area (Å²) in [5.74, 6) is 0.383. The van der Waals surface area contributed by atoms with E-state index >= 15 is 0 Å². The van der Waals surface area contributed by atoms with Gasteiger partial charge in [-0.15, -0.1) is 0 Å². The summed E-state index contributed by atoms with van der Waals surface area (Å²) < 4.78 is 19.0. The van der Waals surface area contributed by atoms with Crippen molar-refractivity contribution < 1.29 is 8.81 Å². The van der Waals surface area contributed by atoms with Crippen LogP contribution in [0.15, 0.2) is 46.9 Å². The molecular formula is C17H16FNO. The van der Waals surface area contributed by atoms with Gasteiger partial charge in [0.1, 0.15) is 17.2 Å².